The molecule has 0 spiro atoms. The second-order valence-corrected chi connectivity index (χ2v) is 5.34. The maximum absolute atomic E-state index is 12.1. The highest BCUT2D eigenvalue weighted by Crippen LogP contribution is 2.33. The van der Waals surface area contributed by atoms with Crippen molar-refractivity contribution in [1.82, 2.24) is 4.98 Å². The van der Waals surface area contributed by atoms with Crippen LogP contribution in [0.5, 0.6) is 0 Å². The number of carbonyl (C=O) groups excluding carboxylic acids is 1. The second kappa shape index (κ2) is 5.52. The Morgan fingerprint density at radius 2 is 2.09 bits per heavy atom. The third kappa shape index (κ3) is 2.65. The van der Waals surface area contributed by atoms with Gasteiger partial charge >= 0.3 is 5.97 Å². The van der Waals surface area contributed by atoms with Crippen molar-refractivity contribution in [2.75, 3.05) is 5.32 Å². The summed E-state index contributed by atoms with van der Waals surface area (Å²) in [6, 6.07) is 9.44. The molecule has 5 heteroatoms. The number of hydrogen-bond donors (Lipinski definition) is 3. The van der Waals surface area contributed by atoms with Gasteiger partial charge in [0.05, 0.1) is 5.57 Å². The number of aliphatic carboxylic acids is 1. The molecular weight excluding hydrogens is 282 g/mol. The first-order valence-electron chi connectivity index (χ1n) is 7.07. The Morgan fingerprint density at radius 1 is 1.32 bits per heavy atom. The number of fused-ring (bicyclic) bond motifs is 1. The van der Waals surface area contributed by atoms with Crippen LogP contribution in [0.1, 0.15) is 28.9 Å². The van der Waals surface area contributed by atoms with E-state index in [2.05, 4.69) is 10.3 Å². The van der Waals surface area contributed by atoms with Crippen molar-refractivity contribution in [2.45, 2.75) is 19.8 Å². The fourth-order valence-corrected chi connectivity index (χ4v) is 2.67. The molecule has 1 aliphatic rings. The van der Waals surface area contributed by atoms with Gasteiger partial charge in [-0.2, -0.15) is 0 Å². The lowest BCUT2D eigenvalue weighted by Crippen LogP contribution is -2.04. The number of nitrogens with one attached hydrogen (secondary N) is 2. The number of benzene rings is 1. The molecular formula is C17H16N2O3. The van der Waals surface area contributed by atoms with Crippen molar-refractivity contribution in [1.29, 1.82) is 0 Å². The van der Waals surface area contributed by atoms with E-state index in [1.165, 1.54) is 0 Å². The summed E-state index contributed by atoms with van der Waals surface area (Å²) in [6.07, 6.45) is 2.30. The Labute approximate surface area is 127 Å². The number of aryl methyl sites for hydroxylation is 2. The lowest BCUT2D eigenvalue weighted by Gasteiger charge is -2.00. The molecule has 1 aromatic carbocycles. The zero-order valence-electron chi connectivity index (χ0n) is 12.1. The summed E-state index contributed by atoms with van der Waals surface area (Å²) < 4.78 is 0. The monoisotopic (exact) mass is 298 g/mol. The molecule has 0 fully saturated rings. The molecule has 3 N–H and O–H groups in total. The van der Waals surface area contributed by atoms with E-state index in [0.29, 0.717) is 12.0 Å². The molecule has 1 aliphatic heterocycles. The zero-order valence-corrected chi connectivity index (χ0v) is 12.1. The average Bonchev–Trinajstić information content (AvgIpc) is 2.98. The van der Waals surface area contributed by atoms with Crippen molar-refractivity contribution in [3.05, 3.63) is 52.8 Å². The maximum atomic E-state index is 12.1. The Kier molecular flexibility index (Phi) is 3.55. The number of H-pyrrole nitrogens is 1. The number of para-hydroxylation sites is 1. The number of rotatable bonds is 4. The highest BCUT2D eigenvalue weighted by atomic mass is 16.4. The van der Waals surface area contributed by atoms with Crippen LogP contribution in [0.4, 0.5) is 5.69 Å². The van der Waals surface area contributed by atoms with Gasteiger partial charge in [-0.25, -0.2) is 0 Å². The fraction of sp³-hybridized carbons (Fsp3) is 0.176. The van der Waals surface area contributed by atoms with Crippen molar-refractivity contribution < 1.29 is 14.7 Å². The fourth-order valence-electron chi connectivity index (χ4n) is 2.67. The average molecular weight is 298 g/mol. The lowest BCUT2D eigenvalue weighted by molar-refractivity contribution is -0.137. The molecule has 0 saturated heterocycles. The molecule has 112 valence electrons. The standard InChI is InChI=1S/C17H16N2O3/c1-10-8-11(6-7-16(20)21)15(18-10)9-13-12-4-2-3-5-14(12)19-17(13)22/h2-5,8-9,18H,6-7H2,1H3,(H,19,22)(H,20,21)/b13-9-/i9+2. The normalized spacial score (nSPS) is 15.0. The van der Waals surface area contributed by atoms with Gasteiger partial charge in [0.2, 0.25) is 0 Å². The molecule has 0 bridgehead atoms. The number of carboxylic acid groups (broad SMARTS) is 1. The van der Waals surface area contributed by atoms with Crippen molar-refractivity contribution in [3.8, 4) is 0 Å². The van der Waals surface area contributed by atoms with E-state index >= 15 is 0 Å². The summed E-state index contributed by atoms with van der Waals surface area (Å²) in [4.78, 5) is 26.1. The van der Waals surface area contributed by atoms with E-state index in [-0.39, 0.29) is 12.3 Å². The summed E-state index contributed by atoms with van der Waals surface area (Å²) in [7, 11) is 0. The van der Waals surface area contributed by atoms with Crippen LogP contribution in [-0.2, 0) is 16.0 Å². The van der Waals surface area contributed by atoms with Gasteiger partial charge in [0, 0.05) is 29.1 Å². The minimum absolute atomic E-state index is 0.0657. The Bertz CT molecular complexity index is 787. The van der Waals surface area contributed by atoms with E-state index in [1.54, 1.807) is 6.08 Å². The second-order valence-electron chi connectivity index (χ2n) is 5.34. The predicted molar refractivity (Wildman–Crippen MR) is 84.4 cm³/mol. The van der Waals surface area contributed by atoms with E-state index < -0.39 is 5.97 Å². The van der Waals surface area contributed by atoms with Crippen molar-refractivity contribution in [2.24, 2.45) is 0 Å². The van der Waals surface area contributed by atoms with Crippen LogP contribution in [0, 0.1) is 6.92 Å². The van der Waals surface area contributed by atoms with Crippen LogP contribution in [-0.4, -0.2) is 22.0 Å². The Balaban J connectivity index is 1.99. The first-order chi connectivity index (χ1) is 10.5. The van der Waals surface area contributed by atoms with Gasteiger partial charge in [0.1, 0.15) is 0 Å². The van der Waals surface area contributed by atoms with E-state index in [1.807, 2.05) is 37.3 Å². The molecule has 2 aromatic rings. The number of aromatic nitrogens is 1. The maximum Gasteiger partial charge on any atom is 0.303 e. The number of hydrogen-bond acceptors (Lipinski definition) is 2. The summed E-state index contributed by atoms with van der Waals surface area (Å²) in [5, 5.41) is 11.7. The third-order valence-electron chi connectivity index (χ3n) is 3.68. The molecule has 22 heavy (non-hydrogen) atoms. The molecule has 0 radical (unpaired) electrons. The molecule has 1 aromatic heterocycles. The predicted octanol–water partition coefficient (Wildman–Crippen LogP) is 2.83. The van der Waals surface area contributed by atoms with Gasteiger partial charge in [-0.15, -0.1) is 0 Å². The topological polar surface area (TPSA) is 82.2 Å². The summed E-state index contributed by atoms with van der Waals surface area (Å²) in [5.41, 5.74) is 4.90. The quantitative estimate of drug-likeness (QED) is 0.759. The molecule has 0 unspecified atom stereocenters. The molecule has 3 rings (SSSR count). The Morgan fingerprint density at radius 3 is 2.86 bits per heavy atom. The molecule has 1 amide bonds. The number of carboxylic acids is 1. The van der Waals surface area contributed by atoms with E-state index in [4.69, 9.17) is 5.11 Å². The first kappa shape index (κ1) is 14.1. The van der Waals surface area contributed by atoms with Gasteiger partial charge in [-0.3, -0.25) is 9.59 Å². The van der Waals surface area contributed by atoms with Gasteiger partial charge in [0.25, 0.3) is 5.91 Å². The summed E-state index contributed by atoms with van der Waals surface area (Å²) in [6.45, 7) is 1.91. The Hall–Kier alpha value is -2.82. The minimum Gasteiger partial charge on any atom is -0.481 e. The number of aromatic amines is 1. The van der Waals surface area contributed by atoms with Crippen LogP contribution in [0.25, 0.3) is 11.6 Å². The molecule has 5 nitrogen and oxygen atoms in total. The van der Waals surface area contributed by atoms with Gasteiger partial charge < -0.3 is 15.4 Å². The molecule has 0 aliphatic carbocycles. The lowest BCUT2D eigenvalue weighted by atomic mass is 10.1. The highest BCUT2D eigenvalue weighted by molar-refractivity contribution is 6.34. The first-order valence-corrected chi connectivity index (χ1v) is 7.07. The van der Waals surface area contributed by atoms with Gasteiger partial charge in [-0.05, 0) is 37.1 Å². The highest BCUT2D eigenvalue weighted by Gasteiger charge is 2.24. The molecule has 0 saturated carbocycles. The summed E-state index contributed by atoms with van der Waals surface area (Å²) in [5.74, 6) is -0.973. The third-order valence-corrected chi connectivity index (χ3v) is 3.68. The van der Waals surface area contributed by atoms with Crippen LogP contribution in [0.3, 0.4) is 0 Å². The van der Waals surface area contributed by atoms with Crippen LogP contribution in [0.15, 0.2) is 30.3 Å². The molecule has 2 heterocycles. The number of carbonyl (C=O) groups is 2. The van der Waals surface area contributed by atoms with E-state index in [9.17, 15) is 9.59 Å². The largest absolute Gasteiger partial charge is 0.481 e. The SMILES string of the molecule is Cc1cc(CCC(=O)O)c(/[14CH]=C2\C(=O)Nc3ccccc32)[nH]1. The van der Waals surface area contributed by atoms with Crippen LogP contribution < -0.4 is 5.32 Å². The van der Waals surface area contributed by atoms with Crippen LogP contribution in [0.2, 0.25) is 0 Å². The molecule has 0 atom stereocenters. The van der Waals surface area contributed by atoms with Crippen molar-refractivity contribution >= 4 is 29.2 Å². The van der Waals surface area contributed by atoms with Gasteiger partial charge in [0.15, 0.2) is 0 Å². The van der Waals surface area contributed by atoms with Crippen molar-refractivity contribution in [3.63, 3.8) is 0 Å². The zero-order chi connectivity index (χ0) is 15.7. The van der Waals surface area contributed by atoms with E-state index in [0.717, 1.165) is 28.2 Å². The van der Waals surface area contributed by atoms with Gasteiger partial charge in [-0.1, -0.05) is 18.2 Å². The van der Waals surface area contributed by atoms with Crippen LogP contribution >= 0.6 is 0 Å². The smallest absolute Gasteiger partial charge is 0.303 e. The minimum atomic E-state index is -0.832. The number of amides is 1. The number of anilines is 1. The summed E-state index contributed by atoms with van der Waals surface area (Å²) >= 11 is 0.